The summed E-state index contributed by atoms with van der Waals surface area (Å²) in [4.78, 5) is 0. The highest BCUT2D eigenvalue weighted by Gasteiger charge is 2.12. The van der Waals surface area contributed by atoms with Crippen molar-refractivity contribution >= 4 is 0 Å². The number of benzene rings is 2. The normalized spacial score (nSPS) is 10.8. The molecule has 0 aliphatic heterocycles. The second-order valence-electron chi connectivity index (χ2n) is 5.19. The zero-order chi connectivity index (χ0) is 13.4. The summed E-state index contributed by atoms with van der Waals surface area (Å²) in [5.41, 5.74) is 8.20. The maximum atomic E-state index is 13.4. The first-order valence-electron chi connectivity index (χ1n) is 6.25. The fourth-order valence-corrected chi connectivity index (χ4v) is 2.88. The van der Waals surface area contributed by atoms with Gasteiger partial charge in [0.25, 0.3) is 0 Å². The molecule has 2 aromatic carbocycles. The van der Waals surface area contributed by atoms with Crippen LogP contribution in [-0.2, 0) is 0 Å². The van der Waals surface area contributed by atoms with E-state index in [2.05, 4.69) is 32.9 Å². The fourth-order valence-electron chi connectivity index (χ4n) is 2.88. The Labute approximate surface area is 108 Å². The van der Waals surface area contributed by atoms with E-state index in [1.807, 2.05) is 13.8 Å². The SMILES string of the molecule is Cc1cc(C)c(-c2c(C)cc(F)cc2C)c(C)c1. The molecule has 0 saturated carbocycles. The van der Waals surface area contributed by atoms with Gasteiger partial charge >= 0.3 is 0 Å². The van der Waals surface area contributed by atoms with Crippen LogP contribution in [0.4, 0.5) is 4.39 Å². The largest absolute Gasteiger partial charge is 0.207 e. The Morgan fingerprint density at radius 2 is 0.944 bits per heavy atom. The van der Waals surface area contributed by atoms with Crippen molar-refractivity contribution in [1.82, 2.24) is 0 Å². The molecule has 0 fully saturated rings. The lowest BCUT2D eigenvalue weighted by Crippen LogP contribution is -1.96. The molecule has 0 nitrogen and oxygen atoms in total. The van der Waals surface area contributed by atoms with Crippen LogP contribution in [-0.4, -0.2) is 0 Å². The standard InChI is InChI=1S/C17H19F/c1-10-6-11(2)16(12(3)7-10)17-13(4)8-15(18)9-14(17)5/h6-9H,1-5H3. The van der Waals surface area contributed by atoms with Crippen molar-refractivity contribution in [3.63, 3.8) is 0 Å². The van der Waals surface area contributed by atoms with Crippen molar-refractivity contribution in [2.75, 3.05) is 0 Å². The molecule has 0 amide bonds. The van der Waals surface area contributed by atoms with Crippen LogP contribution in [0.5, 0.6) is 0 Å². The molecule has 1 heteroatoms. The third-order valence-electron chi connectivity index (χ3n) is 3.42. The molecule has 0 spiro atoms. The van der Waals surface area contributed by atoms with E-state index in [1.165, 1.54) is 27.8 Å². The Bertz CT molecular complexity index is 507. The average Bonchev–Trinajstić information content (AvgIpc) is 2.20. The quantitative estimate of drug-likeness (QED) is 0.657. The molecular formula is C17H19F. The Hall–Kier alpha value is -1.63. The third-order valence-corrected chi connectivity index (χ3v) is 3.42. The summed E-state index contributed by atoms with van der Waals surface area (Å²) >= 11 is 0. The molecule has 0 N–H and O–H groups in total. The maximum Gasteiger partial charge on any atom is 0.123 e. The van der Waals surface area contributed by atoms with Crippen LogP contribution in [0.15, 0.2) is 24.3 Å². The van der Waals surface area contributed by atoms with E-state index in [4.69, 9.17) is 0 Å². The van der Waals surface area contributed by atoms with Gasteiger partial charge in [0.15, 0.2) is 0 Å². The number of aryl methyl sites for hydroxylation is 5. The molecule has 0 heterocycles. The van der Waals surface area contributed by atoms with E-state index in [0.29, 0.717) is 0 Å². The van der Waals surface area contributed by atoms with Gasteiger partial charge in [-0.25, -0.2) is 4.39 Å². The van der Waals surface area contributed by atoms with E-state index in [0.717, 1.165) is 11.1 Å². The smallest absolute Gasteiger partial charge is 0.123 e. The first kappa shape index (κ1) is 12.8. The van der Waals surface area contributed by atoms with Gasteiger partial charge in [-0.1, -0.05) is 17.7 Å². The summed E-state index contributed by atoms with van der Waals surface area (Å²) < 4.78 is 13.4. The molecule has 0 radical (unpaired) electrons. The van der Waals surface area contributed by atoms with E-state index in [9.17, 15) is 4.39 Å². The minimum atomic E-state index is -0.156. The number of halogens is 1. The summed E-state index contributed by atoms with van der Waals surface area (Å²) in [6, 6.07) is 7.59. The molecule has 18 heavy (non-hydrogen) atoms. The first-order valence-corrected chi connectivity index (χ1v) is 6.25. The number of hydrogen-bond acceptors (Lipinski definition) is 0. The molecule has 94 valence electrons. The van der Waals surface area contributed by atoms with Gasteiger partial charge in [0.1, 0.15) is 5.82 Å². The van der Waals surface area contributed by atoms with E-state index in [1.54, 1.807) is 12.1 Å². The van der Waals surface area contributed by atoms with Gasteiger partial charge in [-0.05, 0) is 80.1 Å². The Kier molecular flexibility index (Phi) is 3.25. The van der Waals surface area contributed by atoms with Crippen molar-refractivity contribution in [2.45, 2.75) is 34.6 Å². The summed E-state index contributed by atoms with van der Waals surface area (Å²) in [6.45, 7) is 10.3. The van der Waals surface area contributed by atoms with Crippen LogP contribution < -0.4 is 0 Å². The summed E-state index contributed by atoms with van der Waals surface area (Å²) in [7, 11) is 0. The van der Waals surface area contributed by atoms with Gasteiger partial charge in [0.05, 0.1) is 0 Å². The van der Waals surface area contributed by atoms with E-state index >= 15 is 0 Å². The predicted octanol–water partition coefficient (Wildman–Crippen LogP) is 5.03. The van der Waals surface area contributed by atoms with Gasteiger partial charge in [0, 0.05) is 0 Å². The van der Waals surface area contributed by atoms with Crippen LogP contribution in [0.3, 0.4) is 0 Å². The molecule has 0 atom stereocenters. The zero-order valence-corrected chi connectivity index (χ0v) is 11.7. The summed E-state index contributed by atoms with van der Waals surface area (Å²) in [5, 5.41) is 0. The van der Waals surface area contributed by atoms with E-state index in [-0.39, 0.29) is 5.82 Å². The molecule has 0 aromatic heterocycles. The molecular weight excluding hydrogens is 223 g/mol. The molecule has 0 aliphatic carbocycles. The molecule has 2 rings (SSSR count). The monoisotopic (exact) mass is 242 g/mol. The molecule has 0 aliphatic rings. The van der Waals surface area contributed by atoms with Crippen molar-refractivity contribution in [1.29, 1.82) is 0 Å². The highest BCUT2D eigenvalue weighted by atomic mass is 19.1. The van der Waals surface area contributed by atoms with Crippen LogP contribution >= 0.6 is 0 Å². The van der Waals surface area contributed by atoms with Crippen LogP contribution in [0.2, 0.25) is 0 Å². The third kappa shape index (κ3) is 2.17. The number of hydrogen-bond donors (Lipinski definition) is 0. The van der Waals surface area contributed by atoms with E-state index < -0.39 is 0 Å². The van der Waals surface area contributed by atoms with Gasteiger partial charge in [-0.2, -0.15) is 0 Å². The fraction of sp³-hybridized carbons (Fsp3) is 0.294. The molecule has 0 saturated heterocycles. The van der Waals surface area contributed by atoms with Gasteiger partial charge in [0.2, 0.25) is 0 Å². The Morgan fingerprint density at radius 1 is 0.611 bits per heavy atom. The van der Waals surface area contributed by atoms with Crippen molar-refractivity contribution in [2.24, 2.45) is 0 Å². The van der Waals surface area contributed by atoms with Gasteiger partial charge in [-0.3, -0.25) is 0 Å². The molecule has 0 bridgehead atoms. The molecule has 2 aromatic rings. The van der Waals surface area contributed by atoms with Crippen molar-refractivity contribution in [3.8, 4) is 11.1 Å². The lowest BCUT2D eigenvalue weighted by atomic mass is 9.88. The minimum absolute atomic E-state index is 0.156. The maximum absolute atomic E-state index is 13.4. The lowest BCUT2D eigenvalue weighted by Gasteiger charge is -2.16. The highest BCUT2D eigenvalue weighted by Crippen LogP contribution is 2.33. The van der Waals surface area contributed by atoms with Gasteiger partial charge in [-0.15, -0.1) is 0 Å². The minimum Gasteiger partial charge on any atom is -0.207 e. The second-order valence-corrected chi connectivity index (χ2v) is 5.19. The van der Waals surface area contributed by atoms with Crippen LogP contribution in [0.1, 0.15) is 27.8 Å². The lowest BCUT2D eigenvalue weighted by molar-refractivity contribution is 0.625. The Balaban J connectivity index is 2.78. The first-order chi connectivity index (χ1) is 8.40. The average molecular weight is 242 g/mol. The van der Waals surface area contributed by atoms with Crippen LogP contribution in [0, 0.1) is 40.4 Å². The second kappa shape index (κ2) is 4.56. The summed E-state index contributed by atoms with van der Waals surface area (Å²) in [5.74, 6) is -0.156. The van der Waals surface area contributed by atoms with Crippen molar-refractivity contribution in [3.05, 3.63) is 57.9 Å². The van der Waals surface area contributed by atoms with Crippen molar-refractivity contribution < 1.29 is 4.39 Å². The Morgan fingerprint density at radius 3 is 1.33 bits per heavy atom. The zero-order valence-electron chi connectivity index (χ0n) is 11.7. The highest BCUT2D eigenvalue weighted by molar-refractivity contribution is 5.76. The van der Waals surface area contributed by atoms with Gasteiger partial charge < -0.3 is 0 Å². The van der Waals surface area contributed by atoms with Crippen LogP contribution in [0.25, 0.3) is 11.1 Å². The predicted molar refractivity (Wildman–Crippen MR) is 75.5 cm³/mol. The topological polar surface area (TPSA) is 0 Å². The molecule has 0 unspecified atom stereocenters. The number of rotatable bonds is 1. The summed E-state index contributed by atoms with van der Waals surface area (Å²) in [6.07, 6.45) is 0.